The normalized spacial score (nSPS) is 24.6. The minimum Gasteiger partial charge on any atom is -0.494 e. The molecule has 2 amide bonds. The summed E-state index contributed by atoms with van der Waals surface area (Å²) in [6.07, 6.45) is 1.74. The van der Waals surface area contributed by atoms with Crippen molar-refractivity contribution in [2.45, 2.75) is 56.2 Å². The van der Waals surface area contributed by atoms with Gasteiger partial charge in [-0.1, -0.05) is 11.6 Å². The van der Waals surface area contributed by atoms with Gasteiger partial charge in [-0.3, -0.25) is 9.59 Å². The summed E-state index contributed by atoms with van der Waals surface area (Å²) < 4.78 is 29.9. The molecular formula is C26H30ClFN2O6. The molecule has 2 aromatic rings. The molecule has 0 unspecified atom stereocenters. The Balaban J connectivity index is 1.25. The maximum atomic E-state index is 13.6. The Labute approximate surface area is 214 Å². The summed E-state index contributed by atoms with van der Waals surface area (Å²) in [6.45, 7) is 2.01. The average molecular weight is 521 g/mol. The summed E-state index contributed by atoms with van der Waals surface area (Å²) >= 11 is 5.66. The lowest BCUT2D eigenvalue weighted by atomic mass is 9.60. The van der Waals surface area contributed by atoms with Crippen molar-refractivity contribution >= 4 is 23.4 Å². The maximum absolute atomic E-state index is 13.6. The van der Waals surface area contributed by atoms with Gasteiger partial charge in [0.05, 0.1) is 23.3 Å². The van der Waals surface area contributed by atoms with Crippen LogP contribution in [0.1, 0.15) is 39.0 Å². The van der Waals surface area contributed by atoms with E-state index in [-0.39, 0.29) is 29.9 Å². The number of fused-ring (bicyclic) bond motifs is 3. The third kappa shape index (κ3) is 6.02. The van der Waals surface area contributed by atoms with E-state index in [1.54, 1.807) is 24.3 Å². The van der Waals surface area contributed by atoms with Crippen LogP contribution in [0.2, 0.25) is 5.02 Å². The Morgan fingerprint density at radius 1 is 0.944 bits per heavy atom. The first-order valence-electron chi connectivity index (χ1n) is 12.0. The Morgan fingerprint density at radius 2 is 1.50 bits per heavy atom. The highest BCUT2D eigenvalue weighted by molar-refractivity contribution is 6.30. The van der Waals surface area contributed by atoms with E-state index < -0.39 is 28.9 Å². The van der Waals surface area contributed by atoms with Crippen LogP contribution in [0.25, 0.3) is 0 Å². The van der Waals surface area contributed by atoms with Crippen LogP contribution < -0.4 is 24.8 Å². The quantitative estimate of drug-likeness (QED) is 0.443. The van der Waals surface area contributed by atoms with Crippen LogP contribution in [-0.2, 0) is 9.59 Å². The van der Waals surface area contributed by atoms with Gasteiger partial charge in [0.25, 0.3) is 11.8 Å². The molecule has 10 heteroatoms. The van der Waals surface area contributed by atoms with E-state index in [9.17, 15) is 19.1 Å². The summed E-state index contributed by atoms with van der Waals surface area (Å²) in [4.78, 5) is 25.1. The molecule has 0 radical (unpaired) electrons. The van der Waals surface area contributed by atoms with E-state index in [1.165, 1.54) is 12.1 Å². The summed E-state index contributed by atoms with van der Waals surface area (Å²) in [7, 11) is 0. The fraction of sp³-hybridized carbons (Fsp3) is 0.462. The lowest BCUT2D eigenvalue weighted by Crippen LogP contribution is -2.70. The van der Waals surface area contributed by atoms with Gasteiger partial charge in [-0.05, 0) is 75.4 Å². The molecule has 0 aliphatic heterocycles. The van der Waals surface area contributed by atoms with Gasteiger partial charge < -0.3 is 30.0 Å². The molecule has 3 aliphatic carbocycles. The second-order valence-corrected chi connectivity index (χ2v) is 9.72. The summed E-state index contributed by atoms with van der Waals surface area (Å²) in [5.41, 5.74) is -1.32. The molecule has 3 aliphatic rings. The van der Waals surface area contributed by atoms with E-state index in [0.717, 1.165) is 11.8 Å². The zero-order valence-electron chi connectivity index (χ0n) is 20.0. The van der Waals surface area contributed by atoms with E-state index in [0.29, 0.717) is 44.5 Å². The number of rotatable bonds is 10. The lowest BCUT2D eigenvalue weighted by molar-refractivity contribution is -0.137. The van der Waals surface area contributed by atoms with Crippen molar-refractivity contribution in [3.8, 4) is 17.2 Å². The topological polar surface area (TPSA) is 106 Å². The number of carbonyl (C=O) groups is 2. The highest BCUT2D eigenvalue weighted by Crippen LogP contribution is 2.47. The molecule has 194 valence electrons. The smallest absolute Gasteiger partial charge is 0.258 e. The zero-order valence-corrected chi connectivity index (χ0v) is 20.8. The number of benzene rings is 2. The van der Waals surface area contributed by atoms with Crippen molar-refractivity contribution in [1.29, 1.82) is 0 Å². The second kappa shape index (κ2) is 10.9. The number of hydrogen-bond donors (Lipinski definition) is 3. The van der Waals surface area contributed by atoms with Gasteiger partial charge in [-0.2, -0.15) is 0 Å². The third-order valence-electron chi connectivity index (χ3n) is 6.88. The van der Waals surface area contributed by atoms with Gasteiger partial charge in [0.2, 0.25) is 0 Å². The van der Waals surface area contributed by atoms with Crippen molar-refractivity contribution in [3.05, 3.63) is 53.3 Å². The summed E-state index contributed by atoms with van der Waals surface area (Å²) in [6, 6.07) is 11.0. The van der Waals surface area contributed by atoms with Crippen molar-refractivity contribution in [2.75, 3.05) is 19.8 Å². The molecule has 5 rings (SSSR count). The lowest BCUT2D eigenvalue weighted by Gasteiger charge is -2.56. The van der Waals surface area contributed by atoms with Gasteiger partial charge in [0.15, 0.2) is 13.2 Å². The molecule has 1 atom stereocenters. The van der Waals surface area contributed by atoms with Crippen LogP contribution in [0.5, 0.6) is 17.2 Å². The van der Waals surface area contributed by atoms with Crippen molar-refractivity contribution < 1.29 is 33.3 Å². The van der Waals surface area contributed by atoms with Crippen molar-refractivity contribution in [3.63, 3.8) is 0 Å². The first-order valence-corrected chi connectivity index (χ1v) is 12.3. The SMILES string of the molecule is CCOc1ccc(OCC(=O)NC23CCC(NC(=O)COc4ccc(Cl)c(F)c4)(CC2)[C@@H](O)C3)cc1. The highest BCUT2D eigenvalue weighted by Gasteiger charge is 2.55. The molecule has 36 heavy (non-hydrogen) atoms. The van der Waals surface area contributed by atoms with Crippen LogP contribution in [0, 0.1) is 5.82 Å². The maximum Gasteiger partial charge on any atom is 0.258 e. The molecule has 0 heterocycles. The molecular weight excluding hydrogens is 491 g/mol. The van der Waals surface area contributed by atoms with Crippen LogP contribution in [0.4, 0.5) is 4.39 Å². The predicted molar refractivity (Wildman–Crippen MR) is 131 cm³/mol. The van der Waals surface area contributed by atoms with E-state index in [1.807, 2.05) is 6.92 Å². The molecule has 0 saturated heterocycles. The first kappa shape index (κ1) is 26.0. The highest BCUT2D eigenvalue weighted by atomic mass is 35.5. The van der Waals surface area contributed by atoms with Crippen LogP contribution in [0.3, 0.4) is 0 Å². The third-order valence-corrected chi connectivity index (χ3v) is 7.19. The number of aliphatic hydroxyl groups is 1. The first-order chi connectivity index (χ1) is 17.2. The number of ether oxygens (including phenoxy) is 3. The van der Waals surface area contributed by atoms with E-state index >= 15 is 0 Å². The predicted octanol–water partition coefficient (Wildman–Crippen LogP) is 3.38. The molecule has 3 saturated carbocycles. The van der Waals surface area contributed by atoms with E-state index in [2.05, 4.69) is 10.6 Å². The standard InChI is InChI=1S/C26H30ClFN2O6/c1-2-34-17-3-5-18(6-4-17)35-15-23(32)29-25-9-11-26(12-10-25,22(31)14-25)30-24(33)16-36-19-7-8-20(27)21(28)13-19/h3-8,13,22,31H,2,9-12,14-16H2,1H3,(H,29,32)(H,30,33)/t22-,25?,26?/m0/s1. The summed E-state index contributed by atoms with van der Waals surface area (Å²) in [5.74, 6) is 0.166. The molecule has 3 fully saturated rings. The Hall–Kier alpha value is -3.04. The molecule has 8 nitrogen and oxygen atoms in total. The molecule has 2 bridgehead atoms. The van der Waals surface area contributed by atoms with E-state index in [4.69, 9.17) is 25.8 Å². The van der Waals surface area contributed by atoms with Crippen LogP contribution in [-0.4, -0.2) is 53.9 Å². The van der Waals surface area contributed by atoms with Crippen LogP contribution in [0.15, 0.2) is 42.5 Å². The number of amides is 2. The monoisotopic (exact) mass is 520 g/mol. The summed E-state index contributed by atoms with van der Waals surface area (Å²) in [5, 5.41) is 16.8. The Kier molecular flexibility index (Phi) is 7.90. The fourth-order valence-electron chi connectivity index (χ4n) is 4.97. The number of aliphatic hydroxyl groups excluding tert-OH is 1. The Morgan fingerprint density at radius 3 is 2.08 bits per heavy atom. The second-order valence-electron chi connectivity index (χ2n) is 9.31. The molecule has 3 N–H and O–H groups in total. The average Bonchev–Trinajstić information content (AvgIpc) is 2.86. The largest absolute Gasteiger partial charge is 0.494 e. The number of halogens is 2. The molecule has 2 aromatic carbocycles. The molecule has 0 spiro atoms. The van der Waals surface area contributed by atoms with Crippen LogP contribution >= 0.6 is 11.6 Å². The van der Waals surface area contributed by atoms with Crippen molar-refractivity contribution in [1.82, 2.24) is 10.6 Å². The van der Waals surface area contributed by atoms with Gasteiger partial charge in [-0.15, -0.1) is 0 Å². The van der Waals surface area contributed by atoms with Gasteiger partial charge >= 0.3 is 0 Å². The van der Waals surface area contributed by atoms with Gasteiger partial charge in [0, 0.05) is 11.6 Å². The van der Waals surface area contributed by atoms with Crippen molar-refractivity contribution in [2.24, 2.45) is 0 Å². The van der Waals surface area contributed by atoms with Gasteiger partial charge in [0.1, 0.15) is 23.1 Å². The fourth-order valence-corrected chi connectivity index (χ4v) is 5.09. The zero-order chi connectivity index (χ0) is 25.8. The van der Waals surface area contributed by atoms with Gasteiger partial charge in [-0.25, -0.2) is 4.39 Å². The minimum absolute atomic E-state index is 0.0310. The number of carbonyl (C=O) groups excluding carboxylic acids is 2. The number of nitrogens with one attached hydrogen (secondary N) is 2. The Bertz CT molecular complexity index is 1090. The molecule has 0 aromatic heterocycles. The number of hydrogen-bond acceptors (Lipinski definition) is 6. The minimum atomic E-state index is -0.829.